The number of aliphatic hydroxyl groups is 1. The van der Waals surface area contributed by atoms with Gasteiger partial charge in [0.25, 0.3) is 0 Å². The number of hydrogen-bond donors (Lipinski definition) is 1. The summed E-state index contributed by atoms with van der Waals surface area (Å²) in [6.45, 7) is 1.60. The Hall–Kier alpha value is -1.51. The lowest BCUT2D eigenvalue weighted by atomic mass is 10.0. The Kier molecular flexibility index (Phi) is 3.31. The highest BCUT2D eigenvalue weighted by atomic mass is 16.3. The van der Waals surface area contributed by atoms with E-state index in [1.807, 2.05) is 30.3 Å². The summed E-state index contributed by atoms with van der Waals surface area (Å²) in [5.41, 5.74) is 9.12. The van der Waals surface area contributed by atoms with Gasteiger partial charge >= 0.3 is 0 Å². The summed E-state index contributed by atoms with van der Waals surface area (Å²) in [7, 11) is 0. The Balaban J connectivity index is 2.95. The minimum Gasteiger partial charge on any atom is -0.393 e. The molecule has 1 rings (SSSR count). The molecule has 4 heteroatoms. The Labute approximate surface area is 76.5 Å². The molecule has 0 saturated heterocycles. The molecule has 0 amide bonds. The molecule has 0 heterocycles. The first-order valence-corrected chi connectivity index (χ1v) is 4.03. The van der Waals surface area contributed by atoms with Crippen LogP contribution in [-0.4, -0.2) is 11.2 Å². The van der Waals surface area contributed by atoms with Gasteiger partial charge in [-0.05, 0) is 18.0 Å². The predicted molar refractivity (Wildman–Crippen MR) is 50.0 cm³/mol. The van der Waals surface area contributed by atoms with Crippen molar-refractivity contribution in [1.82, 2.24) is 0 Å². The molecule has 0 aliphatic carbocycles. The van der Waals surface area contributed by atoms with Gasteiger partial charge in [0.15, 0.2) is 0 Å². The van der Waals surface area contributed by atoms with Gasteiger partial charge in [0.1, 0.15) is 0 Å². The molecule has 1 N–H and O–H groups in total. The zero-order chi connectivity index (χ0) is 9.68. The standard InChI is InChI=1S/C9H11N3O/c1-7(13)9(11-12-10)8-5-3-2-4-6-8/h2-7,9,13H,1H3/t7-,9?/m1/s1. The van der Waals surface area contributed by atoms with E-state index < -0.39 is 12.1 Å². The average molecular weight is 177 g/mol. The minimum atomic E-state index is -0.668. The van der Waals surface area contributed by atoms with Crippen molar-refractivity contribution in [3.63, 3.8) is 0 Å². The monoisotopic (exact) mass is 177 g/mol. The molecule has 13 heavy (non-hydrogen) atoms. The molecule has 1 unspecified atom stereocenters. The zero-order valence-electron chi connectivity index (χ0n) is 7.33. The van der Waals surface area contributed by atoms with Crippen molar-refractivity contribution in [3.05, 3.63) is 46.3 Å². The van der Waals surface area contributed by atoms with Gasteiger partial charge < -0.3 is 5.11 Å². The van der Waals surface area contributed by atoms with E-state index in [4.69, 9.17) is 5.53 Å². The summed E-state index contributed by atoms with van der Waals surface area (Å²) in [6, 6.07) is 8.72. The van der Waals surface area contributed by atoms with Crippen LogP contribution < -0.4 is 0 Å². The Morgan fingerprint density at radius 3 is 2.46 bits per heavy atom. The van der Waals surface area contributed by atoms with Gasteiger partial charge in [-0.3, -0.25) is 0 Å². The van der Waals surface area contributed by atoms with Gasteiger partial charge in [0, 0.05) is 4.91 Å². The molecule has 2 atom stereocenters. The van der Waals surface area contributed by atoms with Gasteiger partial charge in [-0.25, -0.2) is 0 Å². The lowest BCUT2D eigenvalue weighted by Crippen LogP contribution is -2.11. The second-order valence-electron chi connectivity index (χ2n) is 2.80. The molecule has 0 spiro atoms. The molecule has 0 aliphatic heterocycles. The van der Waals surface area contributed by atoms with Crippen molar-refractivity contribution in [3.8, 4) is 0 Å². The summed E-state index contributed by atoms with van der Waals surface area (Å²) >= 11 is 0. The fourth-order valence-electron chi connectivity index (χ4n) is 1.15. The third-order valence-electron chi connectivity index (χ3n) is 1.77. The molecular weight excluding hydrogens is 166 g/mol. The van der Waals surface area contributed by atoms with Gasteiger partial charge in [0.05, 0.1) is 12.1 Å². The van der Waals surface area contributed by atoms with Crippen LogP contribution in [0.15, 0.2) is 35.4 Å². The van der Waals surface area contributed by atoms with E-state index in [1.54, 1.807) is 6.92 Å². The van der Waals surface area contributed by atoms with Crippen LogP contribution in [0.3, 0.4) is 0 Å². The minimum absolute atomic E-state index is 0.494. The van der Waals surface area contributed by atoms with Gasteiger partial charge in [0.2, 0.25) is 0 Å². The molecular formula is C9H11N3O. The van der Waals surface area contributed by atoms with Crippen molar-refractivity contribution in [2.75, 3.05) is 0 Å². The van der Waals surface area contributed by atoms with Crippen LogP contribution in [0.1, 0.15) is 18.5 Å². The summed E-state index contributed by atoms with van der Waals surface area (Å²) in [6.07, 6.45) is -0.668. The highest BCUT2D eigenvalue weighted by Gasteiger charge is 2.14. The summed E-state index contributed by atoms with van der Waals surface area (Å²) in [5.74, 6) is 0. The van der Waals surface area contributed by atoms with Gasteiger partial charge in [-0.2, -0.15) is 0 Å². The molecule has 68 valence electrons. The van der Waals surface area contributed by atoms with E-state index in [0.29, 0.717) is 0 Å². The summed E-state index contributed by atoms with van der Waals surface area (Å²) in [5, 5.41) is 12.9. The molecule has 4 nitrogen and oxygen atoms in total. The first kappa shape index (κ1) is 9.58. The van der Waals surface area contributed by atoms with Gasteiger partial charge in [-0.1, -0.05) is 35.4 Å². The maximum absolute atomic E-state index is 9.33. The van der Waals surface area contributed by atoms with E-state index in [2.05, 4.69) is 10.0 Å². The Morgan fingerprint density at radius 1 is 1.38 bits per heavy atom. The van der Waals surface area contributed by atoms with E-state index in [9.17, 15) is 5.11 Å². The van der Waals surface area contributed by atoms with E-state index in [1.165, 1.54) is 0 Å². The van der Waals surface area contributed by atoms with Crippen LogP contribution in [0, 0.1) is 0 Å². The van der Waals surface area contributed by atoms with Crippen LogP contribution in [0.5, 0.6) is 0 Å². The molecule has 0 fully saturated rings. The fraction of sp³-hybridized carbons (Fsp3) is 0.333. The van der Waals surface area contributed by atoms with Crippen molar-refractivity contribution in [1.29, 1.82) is 0 Å². The Morgan fingerprint density at radius 2 is 2.00 bits per heavy atom. The second-order valence-corrected chi connectivity index (χ2v) is 2.80. The first-order chi connectivity index (χ1) is 6.25. The zero-order valence-corrected chi connectivity index (χ0v) is 7.33. The van der Waals surface area contributed by atoms with Crippen molar-refractivity contribution >= 4 is 0 Å². The van der Waals surface area contributed by atoms with E-state index >= 15 is 0 Å². The molecule has 1 aromatic rings. The fourth-order valence-corrected chi connectivity index (χ4v) is 1.15. The molecule has 0 saturated carbocycles. The lowest BCUT2D eigenvalue weighted by molar-refractivity contribution is 0.164. The third-order valence-corrected chi connectivity index (χ3v) is 1.77. The number of nitrogens with zero attached hydrogens (tertiary/aromatic N) is 3. The molecule has 0 bridgehead atoms. The van der Waals surface area contributed by atoms with Crippen molar-refractivity contribution < 1.29 is 5.11 Å². The normalized spacial score (nSPS) is 14.3. The maximum atomic E-state index is 9.33. The Bertz CT molecular complexity index is 304. The van der Waals surface area contributed by atoms with Crippen LogP contribution in [-0.2, 0) is 0 Å². The molecule has 0 radical (unpaired) electrons. The second kappa shape index (κ2) is 4.50. The smallest absolute Gasteiger partial charge is 0.0881 e. The quantitative estimate of drug-likeness (QED) is 0.430. The largest absolute Gasteiger partial charge is 0.393 e. The number of azide groups is 1. The predicted octanol–water partition coefficient (Wildman–Crippen LogP) is 2.42. The van der Waals surface area contributed by atoms with Crippen LogP contribution in [0.4, 0.5) is 0 Å². The number of hydrogen-bond acceptors (Lipinski definition) is 2. The number of aliphatic hydroxyl groups excluding tert-OH is 1. The molecule has 0 aliphatic rings. The van der Waals surface area contributed by atoms with E-state index in [-0.39, 0.29) is 0 Å². The van der Waals surface area contributed by atoms with Gasteiger partial charge in [-0.15, -0.1) is 0 Å². The highest BCUT2D eigenvalue weighted by Crippen LogP contribution is 2.20. The molecule has 0 aromatic heterocycles. The van der Waals surface area contributed by atoms with Crippen LogP contribution >= 0.6 is 0 Å². The third kappa shape index (κ3) is 2.47. The van der Waals surface area contributed by atoms with Crippen molar-refractivity contribution in [2.45, 2.75) is 19.1 Å². The van der Waals surface area contributed by atoms with Crippen molar-refractivity contribution in [2.24, 2.45) is 5.11 Å². The molecule has 1 aromatic carbocycles. The summed E-state index contributed by atoms with van der Waals surface area (Å²) < 4.78 is 0. The van der Waals surface area contributed by atoms with Crippen LogP contribution in [0.2, 0.25) is 0 Å². The SMILES string of the molecule is C[C@@H](O)C(N=[N+]=[N-])c1ccccc1. The lowest BCUT2D eigenvalue weighted by Gasteiger charge is -2.13. The average Bonchev–Trinajstić information content (AvgIpc) is 2.15. The van der Waals surface area contributed by atoms with Crippen LogP contribution in [0.25, 0.3) is 10.4 Å². The summed E-state index contributed by atoms with van der Waals surface area (Å²) in [4.78, 5) is 2.70. The van der Waals surface area contributed by atoms with E-state index in [0.717, 1.165) is 5.56 Å². The number of benzene rings is 1. The maximum Gasteiger partial charge on any atom is 0.0881 e. The highest BCUT2D eigenvalue weighted by molar-refractivity contribution is 5.19. The first-order valence-electron chi connectivity index (χ1n) is 4.03. The number of rotatable bonds is 3. The topological polar surface area (TPSA) is 69.0 Å².